The molecule has 0 aliphatic carbocycles. The summed E-state index contributed by atoms with van der Waals surface area (Å²) in [6.07, 6.45) is 1.45. The smallest absolute Gasteiger partial charge is 0.257 e. The number of halogens is 2. The highest BCUT2D eigenvalue weighted by Gasteiger charge is 2.11. The van der Waals surface area contributed by atoms with Crippen LogP contribution >= 0.6 is 27.5 Å². The number of benzene rings is 1. The molecule has 6 heteroatoms. The summed E-state index contributed by atoms with van der Waals surface area (Å²) in [6, 6.07) is 8.94. The van der Waals surface area contributed by atoms with Gasteiger partial charge in [-0.15, -0.1) is 0 Å². The lowest BCUT2D eigenvalue weighted by molar-refractivity contribution is 0.102. The number of carbonyl (C=O) groups excluding carboxylic acids is 1. The molecule has 1 amide bonds. The summed E-state index contributed by atoms with van der Waals surface area (Å²) in [5, 5.41) is 3.23. The fraction of sp³-hybridized carbons (Fsp3) is 0.143. The molecular weight excluding hydrogens is 342 g/mol. The van der Waals surface area contributed by atoms with E-state index in [1.54, 1.807) is 12.1 Å². The number of amides is 1. The molecule has 1 N–H and O–H groups in total. The van der Waals surface area contributed by atoms with Crippen LogP contribution in [0, 0.1) is 0 Å². The van der Waals surface area contributed by atoms with Gasteiger partial charge in [0.25, 0.3) is 5.91 Å². The van der Waals surface area contributed by atoms with Crippen molar-refractivity contribution in [2.24, 2.45) is 0 Å². The molecule has 0 fully saturated rings. The lowest BCUT2D eigenvalue weighted by atomic mass is 10.2. The van der Waals surface area contributed by atoms with Crippen LogP contribution in [0.2, 0.25) is 5.15 Å². The zero-order chi connectivity index (χ0) is 14.7. The number of hydrogen-bond donors (Lipinski definition) is 1. The number of carbonyl (C=O) groups is 1. The predicted octanol–water partition coefficient (Wildman–Crippen LogP) is 3.82. The second kappa shape index (κ2) is 6.24. The van der Waals surface area contributed by atoms with E-state index in [-0.39, 0.29) is 5.91 Å². The van der Waals surface area contributed by atoms with Crippen LogP contribution in [0.3, 0.4) is 0 Å². The van der Waals surface area contributed by atoms with Gasteiger partial charge in [-0.05, 0) is 30.3 Å². The quantitative estimate of drug-likeness (QED) is 0.852. The number of rotatable bonds is 3. The number of nitrogens with zero attached hydrogens (tertiary/aromatic N) is 2. The normalized spacial score (nSPS) is 10.2. The predicted molar refractivity (Wildman–Crippen MR) is 85.7 cm³/mol. The van der Waals surface area contributed by atoms with Crippen LogP contribution in [0.1, 0.15) is 10.4 Å². The Morgan fingerprint density at radius 3 is 2.65 bits per heavy atom. The third-order valence-electron chi connectivity index (χ3n) is 2.68. The molecule has 0 saturated carbocycles. The number of nitrogens with one attached hydrogen (secondary N) is 1. The standard InChI is InChI=1S/C14H13BrClN3O/c1-19(2)12-5-4-10(15)7-11(12)18-14(20)9-3-6-13(16)17-8-9/h3-8H,1-2H3,(H,18,20). The molecule has 0 unspecified atom stereocenters. The Bertz CT molecular complexity index is 629. The molecule has 0 bridgehead atoms. The summed E-state index contributed by atoms with van der Waals surface area (Å²) >= 11 is 9.11. The van der Waals surface area contributed by atoms with E-state index in [0.717, 1.165) is 15.8 Å². The maximum Gasteiger partial charge on any atom is 0.257 e. The zero-order valence-corrected chi connectivity index (χ0v) is 13.4. The molecule has 20 heavy (non-hydrogen) atoms. The van der Waals surface area contributed by atoms with Gasteiger partial charge in [-0.1, -0.05) is 27.5 Å². The summed E-state index contributed by atoms with van der Waals surface area (Å²) in [4.78, 5) is 18.0. The van der Waals surface area contributed by atoms with E-state index in [0.29, 0.717) is 10.7 Å². The van der Waals surface area contributed by atoms with Crippen molar-refractivity contribution >= 4 is 44.8 Å². The maximum absolute atomic E-state index is 12.2. The summed E-state index contributed by atoms with van der Waals surface area (Å²) in [7, 11) is 3.84. The Labute approximate surface area is 130 Å². The van der Waals surface area contributed by atoms with Gasteiger partial charge in [-0.25, -0.2) is 4.98 Å². The van der Waals surface area contributed by atoms with Gasteiger partial charge < -0.3 is 10.2 Å². The monoisotopic (exact) mass is 353 g/mol. The van der Waals surface area contributed by atoms with Gasteiger partial charge in [-0.2, -0.15) is 0 Å². The highest BCUT2D eigenvalue weighted by atomic mass is 79.9. The van der Waals surface area contributed by atoms with E-state index < -0.39 is 0 Å². The minimum atomic E-state index is -0.227. The molecule has 1 aromatic carbocycles. The molecule has 4 nitrogen and oxygen atoms in total. The first-order valence-electron chi connectivity index (χ1n) is 5.87. The second-order valence-corrected chi connectivity index (χ2v) is 5.68. The zero-order valence-electron chi connectivity index (χ0n) is 11.0. The molecular formula is C14H13BrClN3O. The molecule has 1 heterocycles. The summed E-state index contributed by atoms with van der Waals surface area (Å²) in [6.45, 7) is 0. The Hall–Kier alpha value is -1.59. The first-order valence-corrected chi connectivity index (χ1v) is 7.04. The Balaban J connectivity index is 2.27. The van der Waals surface area contributed by atoms with Crippen LogP contribution in [-0.2, 0) is 0 Å². The molecule has 1 aromatic heterocycles. The van der Waals surface area contributed by atoms with Crippen LogP contribution in [-0.4, -0.2) is 25.0 Å². The molecule has 2 aromatic rings. The molecule has 2 rings (SSSR count). The third kappa shape index (κ3) is 3.49. The fourth-order valence-corrected chi connectivity index (χ4v) is 2.18. The van der Waals surface area contributed by atoms with E-state index in [2.05, 4.69) is 26.2 Å². The molecule has 0 aliphatic rings. The second-order valence-electron chi connectivity index (χ2n) is 4.38. The molecule has 0 atom stereocenters. The lowest BCUT2D eigenvalue weighted by Gasteiger charge is -2.18. The first-order chi connectivity index (χ1) is 9.47. The van der Waals surface area contributed by atoms with Crippen molar-refractivity contribution in [2.45, 2.75) is 0 Å². The maximum atomic E-state index is 12.2. The highest BCUT2D eigenvalue weighted by molar-refractivity contribution is 9.10. The van der Waals surface area contributed by atoms with Gasteiger partial charge in [0.2, 0.25) is 0 Å². The fourth-order valence-electron chi connectivity index (χ4n) is 1.70. The largest absolute Gasteiger partial charge is 0.376 e. The molecule has 0 saturated heterocycles. The number of aromatic nitrogens is 1. The average Bonchev–Trinajstić information content (AvgIpc) is 2.39. The van der Waals surface area contributed by atoms with Crippen molar-refractivity contribution in [1.82, 2.24) is 4.98 Å². The minimum absolute atomic E-state index is 0.227. The van der Waals surface area contributed by atoms with E-state index in [9.17, 15) is 4.79 Å². The third-order valence-corrected chi connectivity index (χ3v) is 3.40. The van der Waals surface area contributed by atoms with Gasteiger partial charge >= 0.3 is 0 Å². The molecule has 0 aliphatic heterocycles. The van der Waals surface area contributed by atoms with Crippen LogP contribution in [0.25, 0.3) is 0 Å². The van der Waals surface area contributed by atoms with Crippen LogP contribution in [0.5, 0.6) is 0 Å². The number of pyridine rings is 1. The minimum Gasteiger partial charge on any atom is -0.376 e. The summed E-state index contributed by atoms with van der Waals surface area (Å²) < 4.78 is 0.896. The number of anilines is 2. The average molecular weight is 355 g/mol. The molecule has 0 radical (unpaired) electrons. The SMILES string of the molecule is CN(C)c1ccc(Br)cc1NC(=O)c1ccc(Cl)nc1. The Morgan fingerprint density at radius 2 is 2.05 bits per heavy atom. The summed E-state index contributed by atoms with van der Waals surface area (Å²) in [5.74, 6) is -0.227. The molecule has 0 spiro atoms. The van der Waals surface area contributed by atoms with Gasteiger partial charge in [0, 0.05) is 24.8 Å². The molecule has 104 valence electrons. The highest BCUT2D eigenvalue weighted by Crippen LogP contribution is 2.28. The van der Waals surface area contributed by atoms with Crippen LogP contribution in [0.15, 0.2) is 41.0 Å². The van der Waals surface area contributed by atoms with Gasteiger partial charge in [0.15, 0.2) is 0 Å². The van der Waals surface area contributed by atoms with E-state index in [1.807, 2.05) is 37.2 Å². The van der Waals surface area contributed by atoms with Crippen molar-refractivity contribution in [3.8, 4) is 0 Å². The lowest BCUT2D eigenvalue weighted by Crippen LogP contribution is -2.16. The van der Waals surface area contributed by atoms with Gasteiger partial charge in [0.1, 0.15) is 5.15 Å². The summed E-state index contributed by atoms with van der Waals surface area (Å²) in [5.41, 5.74) is 2.10. The van der Waals surface area contributed by atoms with Crippen LogP contribution < -0.4 is 10.2 Å². The Morgan fingerprint density at radius 1 is 1.30 bits per heavy atom. The number of hydrogen-bond acceptors (Lipinski definition) is 3. The topological polar surface area (TPSA) is 45.2 Å². The van der Waals surface area contributed by atoms with E-state index in [4.69, 9.17) is 11.6 Å². The van der Waals surface area contributed by atoms with Gasteiger partial charge in [0.05, 0.1) is 16.9 Å². The van der Waals surface area contributed by atoms with Crippen LogP contribution in [0.4, 0.5) is 11.4 Å². The first kappa shape index (κ1) is 14.8. The van der Waals surface area contributed by atoms with E-state index >= 15 is 0 Å². The van der Waals surface area contributed by atoms with Crippen molar-refractivity contribution in [2.75, 3.05) is 24.3 Å². The van der Waals surface area contributed by atoms with E-state index in [1.165, 1.54) is 6.20 Å². The van der Waals surface area contributed by atoms with Crippen molar-refractivity contribution in [3.05, 3.63) is 51.7 Å². The van der Waals surface area contributed by atoms with Crippen molar-refractivity contribution in [1.29, 1.82) is 0 Å². The van der Waals surface area contributed by atoms with Crippen molar-refractivity contribution < 1.29 is 4.79 Å². The van der Waals surface area contributed by atoms with Crippen molar-refractivity contribution in [3.63, 3.8) is 0 Å². The Kier molecular flexibility index (Phi) is 4.62. The van der Waals surface area contributed by atoms with Gasteiger partial charge in [-0.3, -0.25) is 4.79 Å².